The zero-order valence-electron chi connectivity index (χ0n) is 18.0. The standard InChI is InChI=1S/C22H31FN6O/c1-24-22(27(3)17-20-5-4-12-26(20)2)25-11-10-21(30)29-15-13-28(14-16-29)19-8-6-18(23)7-9-19/h4-9,12H,10-11,13-17H2,1-3H3,(H,24,25). The highest BCUT2D eigenvalue weighted by Gasteiger charge is 2.21. The first-order valence-corrected chi connectivity index (χ1v) is 10.3. The van der Waals surface area contributed by atoms with Crippen LogP contribution in [0.3, 0.4) is 0 Å². The van der Waals surface area contributed by atoms with Crippen molar-refractivity contribution in [1.29, 1.82) is 0 Å². The van der Waals surface area contributed by atoms with Gasteiger partial charge in [-0.1, -0.05) is 0 Å². The summed E-state index contributed by atoms with van der Waals surface area (Å²) < 4.78 is 15.2. The number of nitrogens with zero attached hydrogens (tertiary/aromatic N) is 5. The van der Waals surface area contributed by atoms with Crippen molar-refractivity contribution in [2.45, 2.75) is 13.0 Å². The van der Waals surface area contributed by atoms with Crippen LogP contribution in [0.5, 0.6) is 0 Å². The van der Waals surface area contributed by atoms with Crippen molar-refractivity contribution in [2.75, 3.05) is 51.7 Å². The molecule has 0 spiro atoms. The van der Waals surface area contributed by atoms with Gasteiger partial charge in [0.05, 0.1) is 6.54 Å². The van der Waals surface area contributed by atoms with E-state index in [0.717, 1.165) is 31.3 Å². The Morgan fingerprint density at radius 1 is 1.17 bits per heavy atom. The highest BCUT2D eigenvalue weighted by atomic mass is 19.1. The molecule has 3 rings (SSSR count). The minimum absolute atomic E-state index is 0.141. The van der Waals surface area contributed by atoms with Crippen LogP contribution in [0.4, 0.5) is 10.1 Å². The van der Waals surface area contributed by atoms with Crippen LogP contribution >= 0.6 is 0 Å². The molecule has 1 N–H and O–H groups in total. The molecule has 0 saturated carbocycles. The van der Waals surface area contributed by atoms with Gasteiger partial charge in [-0.2, -0.15) is 0 Å². The lowest BCUT2D eigenvalue weighted by molar-refractivity contribution is -0.131. The second-order valence-corrected chi connectivity index (χ2v) is 7.53. The Kier molecular flexibility index (Phi) is 7.32. The van der Waals surface area contributed by atoms with Crippen LogP contribution in [0.1, 0.15) is 12.1 Å². The molecule has 7 nitrogen and oxygen atoms in total. The molecule has 1 amide bonds. The Hall–Kier alpha value is -3.03. The molecular weight excluding hydrogens is 383 g/mol. The zero-order chi connectivity index (χ0) is 21.5. The average Bonchev–Trinajstić information content (AvgIpc) is 3.16. The topological polar surface area (TPSA) is 56.1 Å². The Morgan fingerprint density at radius 3 is 2.47 bits per heavy atom. The molecule has 162 valence electrons. The van der Waals surface area contributed by atoms with E-state index < -0.39 is 0 Å². The monoisotopic (exact) mass is 414 g/mol. The highest BCUT2D eigenvalue weighted by Crippen LogP contribution is 2.17. The highest BCUT2D eigenvalue weighted by molar-refractivity contribution is 5.81. The molecule has 1 aliphatic rings. The fraction of sp³-hybridized carbons (Fsp3) is 0.455. The lowest BCUT2D eigenvalue weighted by Gasteiger charge is -2.36. The number of carbonyl (C=O) groups excluding carboxylic acids is 1. The first-order valence-electron chi connectivity index (χ1n) is 10.3. The van der Waals surface area contributed by atoms with Gasteiger partial charge >= 0.3 is 0 Å². The van der Waals surface area contributed by atoms with Gasteiger partial charge in [0.1, 0.15) is 5.82 Å². The Balaban J connectivity index is 1.41. The van der Waals surface area contributed by atoms with Gasteiger partial charge in [-0.05, 0) is 36.4 Å². The molecule has 0 bridgehead atoms. The molecule has 1 fully saturated rings. The predicted molar refractivity (Wildman–Crippen MR) is 118 cm³/mol. The lowest BCUT2D eigenvalue weighted by atomic mass is 10.2. The molecule has 1 aromatic heterocycles. The van der Waals surface area contributed by atoms with E-state index in [0.29, 0.717) is 26.1 Å². The third-order valence-electron chi connectivity index (χ3n) is 5.47. The maximum absolute atomic E-state index is 13.1. The first kappa shape index (κ1) is 21.7. The smallest absolute Gasteiger partial charge is 0.224 e. The van der Waals surface area contributed by atoms with Gasteiger partial charge in [0, 0.05) is 77.9 Å². The quantitative estimate of drug-likeness (QED) is 0.580. The van der Waals surface area contributed by atoms with Crippen molar-refractivity contribution >= 4 is 17.6 Å². The number of piperazine rings is 1. The van der Waals surface area contributed by atoms with E-state index in [9.17, 15) is 9.18 Å². The molecule has 0 aliphatic carbocycles. The summed E-state index contributed by atoms with van der Waals surface area (Å²) in [5.74, 6) is 0.677. The summed E-state index contributed by atoms with van der Waals surface area (Å²) in [6.07, 6.45) is 2.45. The van der Waals surface area contributed by atoms with Crippen molar-refractivity contribution in [3.05, 3.63) is 54.1 Å². The molecule has 8 heteroatoms. The molecule has 0 unspecified atom stereocenters. The van der Waals surface area contributed by atoms with Crippen LogP contribution in [0, 0.1) is 5.82 Å². The van der Waals surface area contributed by atoms with E-state index in [1.165, 1.54) is 17.8 Å². The zero-order valence-corrected chi connectivity index (χ0v) is 18.0. The van der Waals surface area contributed by atoms with E-state index in [1.807, 2.05) is 36.2 Å². The van der Waals surface area contributed by atoms with Crippen LogP contribution in [0.25, 0.3) is 0 Å². The molecule has 0 atom stereocenters. The molecule has 1 aromatic carbocycles. The van der Waals surface area contributed by atoms with Gasteiger partial charge in [-0.15, -0.1) is 0 Å². The van der Waals surface area contributed by atoms with Crippen molar-refractivity contribution in [3.8, 4) is 0 Å². The number of aliphatic imine (C=N–C) groups is 1. The van der Waals surface area contributed by atoms with Gasteiger partial charge in [0.15, 0.2) is 5.96 Å². The van der Waals surface area contributed by atoms with Crippen molar-refractivity contribution in [3.63, 3.8) is 0 Å². The number of aryl methyl sites for hydroxylation is 1. The van der Waals surface area contributed by atoms with Crippen LogP contribution in [0.15, 0.2) is 47.6 Å². The second kappa shape index (κ2) is 10.1. The molecular formula is C22H31FN6O. The third-order valence-corrected chi connectivity index (χ3v) is 5.47. The number of rotatable bonds is 6. The molecule has 1 saturated heterocycles. The minimum Gasteiger partial charge on any atom is -0.368 e. The van der Waals surface area contributed by atoms with E-state index in [2.05, 4.69) is 25.8 Å². The van der Waals surface area contributed by atoms with E-state index >= 15 is 0 Å². The number of carbonyl (C=O) groups is 1. The minimum atomic E-state index is -0.232. The van der Waals surface area contributed by atoms with Gasteiger partial charge < -0.3 is 24.6 Å². The Labute approximate surface area is 177 Å². The predicted octanol–water partition coefficient (Wildman–Crippen LogP) is 1.91. The number of aromatic nitrogens is 1. The van der Waals surface area contributed by atoms with Gasteiger partial charge in [0.2, 0.25) is 5.91 Å². The SMILES string of the molecule is CN=C(NCCC(=O)N1CCN(c2ccc(F)cc2)CC1)N(C)Cc1cccn1C. The number of hydrogen-bond donors (Lipinski definition) is 1. The fourth-order valence-electron chi connectivity index (χ4n) is 3.67. The summed E-state index contributed by atoms with van der Waals surface area (Å²) in [6.45, 7) is 4.15. The number of anilines is 1. The van der Waals surface area contributed by atoms with Crippen LogP contribution in [-0.2, 0) is 18.4 Å². The fourth-order valence-corrected chi connectivity index (χ4v) is 3.67. The molecule has 0 radical (unpaired) electrons. The van der Waals surface area contributed by atoms with E-state index in [1.54, 1.807) is 19.2 Å². The van der Waals surface area contributed by atoms with E-state index in [4.69, 9.17) is 0 Å². The summed E-state index contributed by atoms with van der Waals surface area (Å²) in [5, 5.41) is 3.28. The number of amides is 1. The van der Waals surface area contributed by atoms with Crippen LogP contribution in [-0.4, -0.2) is 73.1 Å². The molecule has 2 aromatic rings. The van der Waals surface area contributed by atoms with Crippen molar-refractivity contribution in [1.82, 2.24) is 19.7 Å². The lowest BCUT2D eigenvalue weighted by Crippen LogP contribution is -2.49. The summed E-state index contributed by atoms with van der Waals surface area (Å²) in [4.78, 5) is 23.0. The Bertz CT molecular complexity index is 855. The number of nitrogens with one attached hydrogen (secondary N) is 1. The first-order chi connectivity index (χ1) is 14.5. The summed E-state index contributed by atoms with van der Waals surface area (Å²) in [5.41, 5.74) is 2.19. The van der Waals surface area contributed by atoms with Crippen LogP contribution < -0.4 is 10.2 Å². The molecule has 2 heterocycles. The van der Waals surface area contributed by atoms with Crippen LogP contribution in [0.2, 0.25) is 0 Å². The number of guanidine groups is 1. The van der Waals surface area contributed by atoms with Gasteiger partial charge in [-0.3, -0.25) is 9.79 Å². The maximum atomic E-state index is 13.1. The van der Waals surface area contributed by atoms with Gasteiger partial charge in [-0.25, -0.2) is 4.39 Å². The number of halogens is 1. The maximum Gasteiger partial charge on any atom is 0.224 e. The third kappa shape index (κ3) is 5.52. The largest absolute Gasteiger partial charge is 0.368 e. The summed E-state index contributed by atoms with van der Waals surface area (Å²) in [7, 11) is 5.76. The van der Waals surface area contributed by atoms with Crippen molar-refractivity contribution < 1.29 is 9.18 Å². The normalized spacial score (nSPS) is 14.7. The summed E-state index contributed by atoms with van der Waals surface area (Å²) in [6, 6.07) is 10.6. The second-order valence-electron chi connectivity index (χ2n) is 7.53. The van der Waals surface area contributed by atoms with E-state index in [-0.39, 0.29) is 11.7 Å². The molecule has 30 heavy (non-hydrogen) atoms. The average molecular weight is 415 g/mol. The number of hydrogen-bond acceptors (Lipinski definition) is 3. The summed E-state index contributed by atoms with van der Waals surface area (Å²) >= 11 is 0. The number of benzene rings is 1. The molecule has 1 aliphatic heterocycles. The van der Waals surface area contributed by atoms with Crippen molar-refractivity contribution in [2.24, 2.45) is 12.0 Å². The van der Waals surface area contributed by atoms with Gasteiger partial charge in [0.25, 0.3) is 0 Å². The Morgan fingerprint density at radius 2 is 1.87 bits per heavy atom.